The normalized spacial score (nSPS) is 20.0. The molecule has 0 bridgehead atoms. The van der Waals surface area contributed by atoms with Crippen LogP contribution >= 0.6 is 0 Å². The Morgan fingerprint density at radius 2 is 1.81 bits per heavy atom. The van der Waals surface area contributed by atoms with E-state index in [2.05, 4.69) is 38.7 Å². The number of aryl methyl sites for hydroxylation is 1. The Kier molecular flexibility index (Phi) is 5.53. The third-order valence-corrected chi connectivity index (χ3v) is 7.29. The van der Waals surface area contributed by atoms with Crippen LogP contribution in [0.2, 0.25) is 0 Å². The fourth-order valence-electron chi connectivity index (χ4n) is 5.39. The SMILES string of the molecule is Cc1nc2ccccc2n1Cc1ccc(C(=O)N(C)[C@@H]2CCN(C3CCCC3)C2)cc1. The molecule has 2 aliphatic rings. The van der Waals surface area contributed by atoms with Gasteiger partial charge in [-0.1, -0.05) is 37.1 Å². The van der Waals surface area contributed by atoms with Crippen molar-refractivity contribution in [3.63, 3.8) is 0 Å². The van der Waals surface area contributed by atoms with Crippen LogP contribution in [0.15, 0.2) is 48.5 Å². The summed E-state index contributed by atoms with van der Waals surface area (Å²) in [6.45, 7) is 4.96. The average molecular weight is 417 g/mol. The van der Waals surface area contributed by atoms with E-state index in [0.717, 1.165) is 54.5 Å². The van der Waals surface area contributed by atoms with E-state index in [1.807, 2.05) is 43.1 Å². The first-order chi connectivity index (χ1) is 15.1. The molecule has 0 spiro atoms. The van der Waals surface area contributed by atoms with Gasteiger partial charge in [-0.2, -0.15) is 0 Å². The molecule has 5 nitrogen and oxygen atoms in total. The molecule has 5 rings (SSSR count). The van der Waals surface area contributed by atoms with E-state index < -0.39 is 0 Å². The zero-order chi connectivity index (χ0) is 21.4. The van der Waals surface area contributed by atoms with Gasteiger partial charge in [0.05, 0.1) is 11.0 Å². The molecule has 1 aliphatic carbocycles. The highest BCUT2D eigenvalue weighted by Gasteiger charge is 2.33. The largest absolute Gasteiger partial charge is 0.337 e. The summed E-state index contributed by atoms with van der Waals surface area (Å²) in [5, 5.41) is 0. The molecule has 3 aromatic rings. The number of rotatable bonds is 5. The number of carbonyl (C=O) groups is 1. The smallest absolute Gasteiger partial charge is 0.253 e. The molecule has 1 saturated heterocycles. The second-order valence-electron chi connectivity index (χ2n) is 9.22. The number of aromatic nitrogens is 2. The number of hydrogen-bond acceptors (Lipinski definition) is 3. The van der Waals surface area contributed by atoms with E-state index in [1.165, 1.54) is 31.2 Å². The molecule has 2 aromatic carbocycles. The monoisotopic (exact) mass is 416 g/mol. The number of para-hydroxylation sites is 2. The number of benzene rings is 2. The van der Waals surface area contributed by atoms with Crippen molar-refractivity contribution in [3.05, 3.63) is 65.5 Å². The highest BCUT2D eigenvalue weighted by molar-refractivity contribution is 5.94. The molecule has 1 amide bonds. The van der Waals surface area contributed by atoms with E-state index >= 15 is 0 Å². The standard InChI is InChI=1S/C26H32N4O/c1-19-27-24-9-5-6-10-25(24)30(19)17-20-11-13-21(14-12-20)26(31)28(2)23-15-16-29(18-23)22-7-3-4-8-22/h5-6,9-14,22-23H,3-4,7-8,15-18H2,1-2H3/t23-/m1/s1. The second kappa shape index (κ2) is 8.46. The first-order valence-corrected chi connectivity index (χ1v) is 11.6. The maximum absolute atomic E-state index is 13.1. The summed E-state index contributed by atoms with van der Waals surface area (Å²) in [5.74, 6) is 1.14. The number of likely N-dealkylation sites (N-methyl/N-ethyl adjacent to an activating group) is 1. The molecule has 1 saturated carbocycles. The maximum atomic E-state index is 13.1. The minimum Gasteiger partial charge on any atom is -0.337 e. The summed E-state index contributed by atoms with van der Waals surface area (Å²) in [6.07, 6.45) is 6.47. The van der Waals surface area contributed by atoms with E-state index in [-0.39, 0.29) is 5.91 Å². The van der Waals surface area contributed by atoms with E-state index in [0.29, 0.717) is 6.04 Å². The lowest BCUT2D eigenvalue weighted by Crippen LogP contribution is -2.40. The zero-order valence-electron chi connectivity index (χ0n) is 18.6. The number of nitrogens with zero attached hydrogens (tertiary/aromatic N) is 4. The lowest BCUT2D eigenvalue weighted by molar-refractivity contribution is 0.0730. The quantitative estimate of drug-likeness (QED) is 0.616. The lowest BCUT2D eigenvalue weighted by atomic mass is 10.1. The Labute approximate surface area is 184 Å². The first kappa shape index (κ1) is 20.3. The Bertz CT molecular complexity index is 1060. The predicted octanol–water partition coefficient (Wildman–Crippen LogP) is 4.48. The predicted molar refractivity (Wildman–Crippen MR) is 124 cm³/mol. The number of likely N-dealkylation sites (tertiary alicyclic amines) is 1. The molecule has 1 aromatic heterocycles. The van der Waals surface area contributed by atoms with Crippen LogP contribution in [0.3, 0.4) is 0 Å². The third kappa shape index (κ3) is 3.99. The van der Waals surface area contributed by atoms with Crippen LogP contribution in [0.4, 0.5) is 0 Å². The second-order valence-corrected chi connectivity index (χ2v) is 9.22. The summed E-state index contributed by atoms with van der Waals surface area (Å²) < 4.78 is 2.23. The Balaban J connectivity index is 1.25. The molecule has 5 heteroatoms. The number of carbonyl (C=O) groups excluding carboxylic acids is 1. The Morgan fingerprint density at radius 1 is 1.06 bits per heavy atom. The summed E-state index contributed by atoms with van der Waals surface area (Å²) in [7, 11) is 1.97. The summed E-state index contributed by atoms with van der Waals surface area (Å²) >= 11 is 0. The van der Waals surface area contributed by atoms with Gasteiger partial charge in [0.15, 0.2) is 0 Å². The third-order valence-electron chi connectivity index (χ3n) is 7.29. The highest BCUT2D eigenvalue weighted by Crippen LogP contribution is 2.28. The average Bonchev–Trinajstić information content (AvgIpc) is 3.54. The molecule has 0 radical (unpaired) electrons. The van der Waals surface area contributed by atoms with Crippen molar-refractivity contribution in [2.24, 2.45) is 0 Å². The number of fused-ring (bicyclic) bond motifs is 1. The number of imidazole rings is 1. The summed E-state index contributed by atoms with van der Waals surface area (Å²) in [4.78, 5) is 22.3. The van der Waals surface area contributed by atoms with Crippen molar-refractivity contribution >= 4 is 16.9 Å². The van der Waals surface area contributed by atoms with E-state index in [9.17, 15) is 4.79 Å². The van der Waals surface area contributed by atoms with Crippen LogP contribution < -0.4 is 0 Å². The number of hydrogen-bond donors (Lipinski definition) is 0. The first-order valence-electron chi connectivity index (χ1n) is 11.6. The fourth-order valence-corrected chi connectivity index (χ4v) is 5.39. The van der Waals surface area contributed by atoms with Gasteiger partial charge in [0.2, 0.25) is 0 Å². The summed E-state index contributed by atoms with van der Waals surface area (Å²) in [6, 6.07) is 17.4. The highest BCUT2D eigenvalue weighted by atomic mass is 16.2. The molecule has 1 aliphatic heterocycles. The van der Waals surface area contributed by atoms with Gasteiger partial charge in [0.25, 0.3) is 5.91 Å². The van der Waals surface area contributed by atoms with Crippen molar-refractivity contribution in [1.29, 1.82) is 0 Å². The topological polar surface area (TPSA) is 41.4 Å². The molecule has 31 heavy (non-hydrogen) atoms. The van der Waals surface area contributed by atoms with Crippen LogP contribution in [0, 0.1) is 6.92 Å². The minimum absolute atomic E-state index is 0.133. The van der Waals surface area contributed by atoms with Gasteiger partial charge >= 0.3 is 0 Å². The molecule has 2 fully saturated rings. The minimum atomic E-state index is 0.133. The van der Waals surface area contributed by atoms with Crippen molar-refractivity contribution in [2.45, 2.75) is 57.7 Å². The van der Waals surface area contributed by atoms with Gasteiger partial charge in [-0.25, -0.2) is 4.98 Å². The van der Waals surface area contributed by atoms with Crippen molar-refractivity contribution in [1.82, 2.24) is 19.4 Å². The summed E-state index contributed by atoms with van der Waals surface area (Å²) in [5.41, 5.74) is 4.13. The molecule has 2 heterocycles. The van der Waals surface area contributed by atoms with Crippen LogP contribution in [-0.2, 0) is 6.54 Å². The van der Waals surface area contributed by atoms with E-state index in [4.69, 9.17) is 0 Å². The van der Waals surface area contributed by atoms with Crippen LogP contribution in [-0.4, -0.2) is 57.5 Å². The van der Waals surface area contributed by atoms with Crippen LogP contribution in [0.25, 0.3) is 11.0 Å². The Hall–Kier alpha value is -2.66. The molecule has 0 N–H and O–H groups in total. The fraction of sp³-hybridized carbons (Fsp3) is 0.462. The van der Waals surface area contributed by atoms with Gasteiger partial charge < -0.3 is 9.47 Å². The van der Waals surface area contributed by atoms with Crippen molar-refractivity contribution < 1.29 is 4.79 Å². The molecule has 1 atom stereocenters. The zero-order valence-corrected chi connectivity index (χ0v) is 18.6. The van der Waals surface area contributed by atoms with E-state index in [1.54, 1.807) is 0 Å². The Morgan fingerprint density at radius 3 is 2.58 bits per heavy atom. The van der Waals surface area contributed by atoms with Gasteiger partial charge in [-0.15, -0.1) is 0 Å². The van der Waals surface area contributed by atoms with Gasteiger partial charge in [-0.05, 0) is 56.0 Å². The molecular weight excluding hydrogens is 384 g/mol. The molecule has 0 unspecified atom stereocenters. The maximum Gasteiger partial charge on any atom is 0.253 e. The van der Waals surface area contributed by atoms with Crippen LogP contribution in [0.5, 0.6) is 0 Å². The van der Waals surface area contributed by atoms with Gasteiger partial charge in [-0.3, -0.25) is 9.69 Å². The lowest BCUT2D eigenvalue weighted by Gasteiger charge is -2.27. The number of amides is 1. The molecular formula is C26H32N4O. The van der Waals surface area contributed by atoms with Crippen LogP contribution in [0.1, 0.15) is 53.8 Å². The van der Waals surface area contributed by atoms with Crippen molar-refractivity contribution in [3.8, 4) is 0 Å². The van der Waals surface area contributed by atoms with Gasteiger partial charge in [0.1, 0.15) is 5.82 Å². The molecule has 162 valence electrons. The van der Waals surface area contributed by atoms with Crippen molar-refractivity contribution in [2.75, 3.05) is 20.1 Å². The van der Waals surface area contributed by atoms with Gasteiger partial charge in [0, 0.05) is 44.3 Å².